The van der Waals surface area contributed by atoms with Crippen LogP contribution in [0.3, 0.4) is 0 Å². The molecule has 2 fully saturated rings. The Morgan fingerprint density at radius 3 is 2.76 bits per heavy atom. The predicted octanol–water partition coefficient (Wildman–Crippen LogP) is 2.51. The number of imidazole rings is 1. The second-order valence-electron chi connectivity index (χ2n) is 5.99. The molecule has 0 aromatic carbocycles. The van der Waals surface area contributed by atoms with Crippen LogP contribution in [0.5, 0.6) is 0 Å². The molecule has 21 heavy (non-hydrogen) atoms. The fraction of sp³-hybridized carbons (Fsp3) is 0.733. The van der Waals surface area contributed by atoms with Gasteiger partial charge in [0, 0.05) is 42.8 Å². The fourth-order valence-corrected chi connectivity index (χ4v) is 4.41. The number of hydrogen-bond acceptors (Lipinski definition) is 3. The summed E-state index contributed by atoms with van der Waals surface area (Å²) in [5.74, 6) is 0. The van der Waals surface area contributed by atoms with Crippen LogP contribution in [0.25, 0.3) is 0 Å². The minimum absolute atomic E-state index is 0.130. The Bertz CT molecular complexity index is 456. The Morgan fingerprint density at radius 2 is 2.10 bits per heavy atom. The topological polar surface area (TPSA) is 50.2 Å². The molecular formula is C15H24N4OS. The first-order valence-corrected chi connectivity index (χ1v) is 9.12. The first kappa shape index (κ1) is 14.8. The van der Waals surface area contributed by atoms with Crippen LogP contribution in [0.2, 0.25) is 0 Å². The molecule has 6 heteroatoms. The molecule has 5 nitrogen and oxygen atoms in total. The number of urea groups is 1. The number of carbonyl (C=O) groups is 1. The zero-order chi connectivity index (χ0) is 14.7. The molecule has 2 atom stereocenters. The summed E-state index contributed by atoms with van der Waals surface area (Å²) < 4.78 is 2.16. The highest BCUT2D eigenvalue weighted by Crippen LogP contribution is 2.29. The van der Waals surface area contributed by atoms with Crippen molar-refractivity contribution >= 4 is 17.8 Å². The van der Waals surface area contributed by atoms with Crippen molar-refractivity contribution in [1.29, 1.82) is 0 Å². The van der Waals surface area contributed by atoms with Crippen molar-refractivity contribution in [2.24, 2.45) is 0 Å². The molecule has 2 heterocycles. The van der Waals surface area contributed by atoms with Gasteiger partial charge in [-0.25, -0.2) is 9.78 Å². The van der Waals surface area contributed by atoms with E-state index in [0.29, 0.717) is 17.3 Å². The zero-order valence-electron chi connectivity index (χ0n) is 12.6. The molecule has 2 amide bonds. The van der Waals surface area contributed by atoms with Crippen LogP contribution >= 0.6 is 11.8 Å². The summed E-state index contributed by atoms with van der Waals surface area (Å²) in [6, 6.07) is 0.978. The average Bonchev–Trinajstić information content (AvgIpc) is 3.18. The number of amides is 2. The molecule has 1 saturated heterocycles. The molecule has 2 aliphatic rings. The van der Waals surface area contributed by atoms with Crippen LogP contribution in [0, 0.1) is 0 Å². The predicted molar refractivity (Wildman–Crippen MR) is 85.5 cm³/mol. The van der Waals surface area contributed by atoms with Crippen LogP contribution in [0.4, 0.5) is 4.79 Å². The lowest BCUT2D eigenvalue weighted by atomic mass is 10.1. The third-order valence-electron chi connectivity index (χ3n) is 4.76. The van der Waals surface area contributed by atoms with E-state index in [1.165, 1.54) is 12.8 Å². The van der Waals surface area contributed by atoms with E-state index >= 15 is 0 Å². The smallest absolute Gasteiger partial charge is 0.317 e. The number of rotatable bonds is 3. The van der Waals surface area contributed by atoms with E-state index in [4.69, 9.17) is 0 Å². The van der Waals surface area contributed by atoms with Crippen LogP contribution in [-0.4, -0.2) is 51.1 Å². The Balaban J connectivity index is 1.49. The molecule has 0 bridgehead atoms. The molecule has 1 saturated carbocycles. The van der Waals surface area contributed by atoms with E-state index in [2.05, 4.69) is 21.1 Å². The third kappa shape index (κ3) is 3.36. The number of hydrogen-bond donors (Lipinski definition) is 1. The van der Waals surface area contributed by atoms with Gasteiger partial charge in [0.25, 0.3) is 0 Å². The molecule has 0 radical (unpaired) electrons. The van der Waals surface area contributed by atoms with E-state index in [0.717, 1.165) is 32.4 Å². The number of nitrogens with one attached hydrogen (secondary N) is 1. The van der Waals surface area contributed by atoms with Gasteiger partial charge in [0.15, 0.2) is 0 Å². The van der Waals surface area contributed by atoms with Gasteiger partial charge in [-0.05, 0) is 31.9 Å². The maximum absolute atomic E-state index is 12.4. The Kier molecular flexibility index (Phi) is 4.73. The molecule has 116 valence electrons. The number of thioether (sulfide) groups is 1. The van der Waals surface area contributed by atoms with Crippen molar-refractivity contribution in [2.45, 2.75) is 49.4 Å². The summed E-state index contributed by atoms with van der Waals surface area (Å²) in [4.78, 5) is 18.5. The highest BCUT2D eigenvalue weighted by atomic mass is 32.2. The first-order valence-electron chi connectivity index (χ1n) is 7.83. The van der Waals surface area contributed by atoms with Crippen LogP contribution in [-0.2, 0) is 0 Å². The van der Waals surface area contributed by atoms with Crippen molar-refractivity contribution in [3.63, 3.8) is 0 Å². The highest BCUT2D eigenvalue weighted by Gasteiger charge is 2.30. The Labute approximate surface area is 130 Å². The lowest BCUT2D eigenvalue weighted by Crippen LogP contribution is -2.49. The van der Waals surface area contributed by atoms with Gasteiger partial charge in [-0.2, -0.15) is 11.8 Å². The van der Waals surface area contributed by atoms with Crippen LogP contribution in [0.1, 0.15) is 38.1 Å². The van der Waals surface area contributed by atoms with E-state index < -0.39 is 0 Å². The van der Waals surface area contributed by atoms with Crippen LogP contribution < -0.4 is 5.32 Å². The number of aromatic nitrogens is 2. The lowest BCUT2D eigenvalue weighted by Gasteiger charge is -2.33. The summed E-state index contributed by atoms with van der Waals surface area (Å²) in [7, 11) is 0. The van der Waals surface area contributed by atoms with E-state index in [1.54, 1.807) is 0 Å². The van der Waals surface area contributed by atoms with Crippen molar-refractivity contribution in [3.05, 3.63) is 18.7 Å². The maximum Gasteiger partial charge on any atom is 0.317 e. The van der Waals surface area contributed by atoms with Crippen molar-refractivity contribution in [3.8, 4) is 0 Å². The van der Waals surface area contributed by atoms with E-state index in [9.17, 15) is 4.79 Å². The first-order chi connectivity index (χ1) is 10.3. The van der Waals surface area contributed by atoms with Gasteiger partial charge >= 0.3 is 6.03 Å². The second kappa shape index (κ2) is 6.73. The highest BCUT2D eigenvalue weighted by molar-refractivity contribution is 7.99. The lowest BCUT2D eigenvalue weighted by molar-refractivity contribution is 0.168. The molecule has 3 rings (SSSR count). The summed E-state index contributed by atoms with van der Waals surface area (Å²) >= 11 is 1.88. The average molecular weight is 308 g/mol. The number of likely N-dealkylation sites (tertiary alicyclic amines) is 1. The van der Waals surface area contributed by atoms with Gasteiger partial charge < -0.3 is 14.8 Å². The monoisotopic (exact) mass is 308 g/mol. The Morgan fingerprint density at radius 1 is 1.29 bits per heavy atom. The third-order valence-corrected chi connectivity index (χ3v) is 5.93. The molecule has 1 N–H and O–H groups in total. The number of nitrogens with zero attached hydrogens (tertiary/aromatic N) is 3. The van der Waals surface area contributed by atoms with E-state index in [1.807, 2.05) is 35.4 Å². The van der Waals surface area contributed by atoms with Gasteiger partial charge in [-0.1, -0.05) is 6.42 Å². The molecule has 1 aromatic rings. The fourth-order valence-electron chi connectivity index (χ4n) is 3.48. The second-order valence-corrected chi connectivity index (χ2v) is 7.07. The quantitative estimate of drug-likeness (QED) is 0.933. The van der Waals surface area contributed by atoms with Crippen molar-refractivity contribution in [1.82, 2.24) is 19.8 Å². The Hall–Kier alpha value is -1.17. The van der Waals surface area contributed by atoms with Crippen molar-refractivity contribution < 1.29 is 4.79 Å². The van der Waals surface area contributed by atoms with E-state index in [-0.39, 0.29) is 6.03 Å². The standard InChI is InChI=1S/C15H24N4OS/c1-21-14-4-2-3-13(14)17-15(20)18-8-5-12(6-9-18)19-10-7-16-11-19/h7,10-14H,2-6,8-9H2,1H3,(H,17,20)/t13-,14-/m1/s1. The SMILES string of the molecule is CS[C@@H]1CCC[C@H]1NC(=O)N1CCC(n2ccnc2)CC1. The number of piperidine rings is 1. The summed E-state index contributed by atoms with van der Waals surface area (Å²) in [5, 5.41) is 3.84. The maximum atomic E-state index is 12.4. The summed E-state index contributed by atoms with van der Waals surface area (Å²) in [5.41, 5.74) is 0. The molecule has 1 aliphatic heterocycles. The van der Waals surface area contributed by atoms with Crippen LogP contribution in [0.15, 0.2) is 18.7 Å². The van der Waals surface area contributed by atoms with Gasteiger partial charge in [0.1, 0.15) is 0 Å². The summed E-state index contributed by atoms with van der Waals surface area (Å²) in [6.45, 7) is 1.68. The van der Waals surface area contributed by atoms with Gasteiger partial charge in [-0.15, -0.1) is 0 Å². The molecule has 1 aromatic heterocycles. The number of carbonyl (C=O) groups excluding carboxylic acids is 1. The molecule has 1 aliphatic carbocycles. The van der Waals surface area contributed by atoms with Crippen molar-refractivity contribution in [2.75, 3.05) is 19.3 Å². The summed E-state index contributed by atoms with van der Waals surface area (Å²) in [6.07, 6.45) is 13.5. The largest absolute Gasteiger partial charge is 0.334 e. The van der Waals surface area contributed by atoms with Gasteiger partial charge in [0.05, 0.1) is 6.33 Å². The minimum Gasteiger partial charge on any atom is -0.334 e. The molecular weight excluding hydrogens is 284 g/mol. The minimum atomic E-state index is 0.130. The normalized spacial score (nSPS) is 27.0. The van der Waals surface area contributed by atoms with Gasteiger partial charge in [0.2, 0.25) is 0 Å². The molecule has 0 unspecified atom stereocenters. The van der Waals surface area contributed by atoms with Gasteiger partial charge in [-0.3, -0.25) is 0 Å². The zero-order valence-corrected chi connectivity index (χ0v) is 13.4. The molecule has 0 spiro atoms.